The first-order valence-electron chi connectivity index (χ1n) is 7.83. The molecule has 1 fully saturated rings. The van der Waals surface area contributed by atoms with Crippen molar-refractivity contribution in [3.63, 3.8) is 0 Å². The zero-order valence-electron chi connectivity index (χ0n) is 13.7. The highest BCUT2D eigenvalue weighted by Crippen LogP contribution is 2.27. The average molecular weight is 376 g/mol. The molecule has 7 nitrogen and oxygen atoms in total. The van der Waals surface area contributed by atoms with Crippen LogP contribution < -0.4 is 10.6 Å². The summed E-state index contributed by atoms with van der Waals surface area (Å²) in [5, 5.41) is 5.87. The molecule has 1 aromatic rings. The number of morpholine rings is 1. The molecule has 24 heavy (non-hydrogen) atoms. The molecule has 0 saturated carbocycles. The number of amides is 1. The average Bonchev–Trinajstić information content (AvgIpc) is 2.58. The number of nitrogens with zero attached hydrogens (tertiary/aromatic N) is 1. The van der Waals surface area contributed by atoms with Crippen LogP contribution in [0, 0.1) is 0 Å². The maximum atomic E-state index is 12.6. The number of halogens is 1. The van der Waals surface area contributed by atoms with E-state index in [0.29, 0.717) is 38.5 Å². The maximum Gasteiger partial charge on any atom is 0.254 e. The number of benzene rings is 1. The predicted octanol–water partition coefficient (Wildman–Crippen LogP) is 1.30. The number of anilines is 1. The SMILES string of the molecule is CCN(CC)S(=O)(=O)c1cc(NC(=O)C2CNCCO2)ccc1Cl. The zero-order chi connectivity index (χ0) is 17.7. The Labute approximate surface area is 147 Å². The molecule has 1 aromatic carbocycles. The number of hydrogen-bond donors (Lipinski definition) is 2. The first kappa shape index (κ1) is 19.1. The smallest absolute Gasteiger partial charge is 0.254 e. The van der Waals surface area contributed by atoms with Gasteiger partial charge in [0.25, 0.3) is 5.91 Å². The molecule has 0 aliphatic carbocycles. The molecule has 1 aliphatic rings. The first-order chi connectivity index (χ1) is 11.4. The number of rotatable bonds is 6. The van der Waals surface area contributed by atoms with E-state index in [4.69, 9.17) is 16.3 Å². The quantitative estimate of drug-likeness (QED) is 0.782. The van der Waals surface area contributed by atoms with Gasteiger partial charge in [-0.3, -0.25) is 4.79 Å². The molecule has 0 aromatic heterocycles. The molecular weight excluding hydrogens is 354 g/mol. The largest absolute Gasteiger partial charge is 0.366 e. The van der Waals surface area contributed by atoms with Gasteiger partial charge in [-0.15, -0.1) is 0 Å². The summed E-state index contributed by atoms with van der Waals surface area (Å²) in [5.74, 6) is -0.323. The standard InChI is InChI=1S/C15H22ClN3O4S/c1-3-19(4-2)24(21,22)14-9-11(5-6-12(14)16)18-15(20)13-10-17-7-8-23-13/h5-6,9,13,17H,3-4,7-8,10H2,1-2H3,(H,18,20). The van der Waals surface area contributed by atoms with Gasteiger partial charge in [0.1, 0.15) is 11.0 Å². The maximum absolute atomic E-state index is 12.6. The van der Waals surface area contributed by atoms with Gasteiger partial charge in [-0.2, -0.15) is 4.31 Å². The van der Waals surface area contributed by atoms with Crippen LogP contribution in [0.5, 0.6) is 0 Å². The zero-order valence-corrected chi connectivity index (χ0v) is 15.3. The van der Waals surface area contributed by atoms with Gasteiger partial charge < -0.3 is 15.4 Å². The lowest BCUT2D eigenvalue weighted by molar-refractivity contribution is -0.128. The van der Waals surface area contributed by atoms with Gasteiger partial charge in [0.15, 0.2) is 0 Å². The van der Waals surface area contributed by atoms with Crippen molar-refractivity contribution in [2.24, 2.45) is 0 Å². The molecule has 1 atom stereocenters. The highest BCUT2D eigenvalue weighted by atomic mass is 35.5. The van der Waals surface area contributed by atoms with Gasteiger partial charge in [0, 0.05) is 31.9 Å². The summed E-state index contributed by atoms with van der Waals surface area (Å²) >= 11 is 6.07. The lowest BCUT2D eigenvalue weighted by Crippen LogP contribution is -2.45. The van der Waals surface area contributed by atoms with Crippen LogP contribution in [0.3, 0.4) is 0 Å². The number of ether oxygens (including phenoxy) is 1. The summed E-state index contributed by atoms with van der Waals surface area (Å²) in [6.07, 6.45) is -0.600. The number of nitrogens with one attached hydrogen (secondary N) is 2. The van der Waals surface area contributed by atoms with Crippen LogP contribution >= 0.6 is 11.6 Å². The second-order valence-electron chi connectivity index (χ2n) is 5.29. The van der Waals surface area contributed by atoms with Crippen LogP contribution in [0.4, 0.5) is 5.69 Å². The second-order valence-corrected chi connectivity index (χ2v) is 7.60. The lowest BCUT2D eigenvalue weighted by atomic mass is 10.2. The van der Waals surface area contributed by atoms with Crippen molar-refractivity contribution in [1.29, 1.82) is 0 Å². The van der Waals surface area contributed by atoms with Crippen LogP contribution in [0.15, 0.2) is 23.1 Å². The summed E-state index contributed by atoms with van der Waals surface area (Å²) in [4.78, 5) is 12.2. The van der Waals surface area contributed by atoms with E-state index >= 15 is 0 Å². The van der Waals surface area contributed by atoms with Crippen molar-refractivity contribution in [3.8, 4) is 0 Å². The van der Waals surface area contributed by atoms with Gasteiger partial charge in [-0.1, -0.05) is 25.4 Å². The molecule has 9 heteroatoms. The topological polar surface area (TPSA) is 87.7 Å². The molecule has 134 valence electrons. The molecular formula is C15H22ClN3O4S. The molecule has 2 N–H and O–H groups in total. The van der Waals surface area contributed by atoms with E-state index in [9.17, 15) is 13.2 Å². The van der Waals surface area contributed by atoms with E-state index in [-0.39, 0.29) is 15.8 Å². The molecule has 1 amide bonds. The molecule has 1 unspecified atom stereocenters. The minimum absolute atomic E-state index is 0.0200. The summed E-state index contributed by atoms with van der Waals surface area (Å²) in [7, 11) is -3.71. The van der Waals surface area contributed by atoms with E-state index in [1.807, 2.05) is 0 Å². The monoisotopic (exact) mass is 375 g/mol. The minimum atomic E-state index is -3.71. The Hall–Kier alpha value is -1.19. The number of hydrogen-bond acceptors (Lipinski definition) is 5. The molecule has 1 aliphatic heterocycles. The molecule has 0 bridgehead atoms. The molecule has 0 radical (unpaired) electrons. The number of carbonyl (C=O) groups is 1. The van der Waals surface area contributed by atoms with E-state index in [0.717, 1.165) is 0 Å². The third-order valence-electron chi connectivity index (χ3n) is 3.74. The van der Waals surface area contributed by atoms with Gasteiger partial charge >= 0.3 is 0 Å². The lowest BCUT2D eigenvalue weighted by Gasteiger charge is -2.23. The number of sulfonamides is 1. The van der Waals surface area contributed by atoms with E-state index in [2.05, 4.69) is 10.6 Å². The summed E-state index contributed by atoms with van der Waals surface area (Å²) in [6, 6.07) is 4.41. The highest BCUT2D eigenvalue weighted by Gasteiger charge is 2.26. The highest BCUT2D eigenvalue weighted by molar-refractivity contribution is 7.89. The first-order valence-corrected chi connectivity index (χ1v) is 9.64. The number of carbonyl (C=O) groups excluding carboxylic acids is 1. The van der Waals surface area contributed by atoms with Crippen LogP contribution in [0.2, 0.25) is 5.02 Å². The van der Waals surface area contributed by atoms with Gasteiger partial charge in [0.2, 0.25) is 10.0 Å². The Morgan fingerprint density at radius 3 is 2.71 bits per heavy atom. The van der Waals surface area contributed by atoms with E-state index < -0.39 is 16.1 Å². The second kappa shape index (κ2) is 8.26. The Kier molecular flexibility index (Phi) is 6.59. The fraction of sp³-hybridized carbons (Fsp3) is 0.533. The van der Waals surface area contributed by atoms with Gasteiger partial charge in [-0.05, 0) is 18.2 Å². The Bertz CT molecular complexity index is 686. The van der Waals surface area contributed by atoms with Gasteiger partial charge in [0.05, 0.1) is 11.6 Å². The normalized spacial score (nSPS) is 18.6. The molecule has 0 spiro atoms. The fourth-order valence-electron chi connectivity index (χ4n) is 2.44. The van der Waals surface area contributed by atoms with Crippen molar-refractivity contribution in [2.45, 2.75) is 24.8 Å². The fourth-order valence-corrected chi connectivity index (χ4v) is 4.40. The predicted molar refractivity (Wildman–Crippen MR) is 92.8 cm³/mol. The minimum Gasteiger partial charge on any atom is -0.366 e. The molecule has 1 heterocycles. The van der Waals surface area contributed by atoms with Crippen LogP contribution in [-0.2, 0) is 19.6 Å². The summed E-state index contributed by atoms with van der Waals surface area (Å²) < 4.78 is 32.0. The molecule has 2 rings (SSSR count). The summed E-state index contributed by atoms with van der Waals surface area (Å²) in [5.41, 5.74) is 0.365. The van der Waals surface area contributed by atoms with E-state index in [1.165, 1.54) is 16.4 Å². The Balaban J connectivity index is 2.23. The third kappa shape index (κ3) is 4.25. The Morgan fingerprint density at radius 1 is 1.42 bits per heavy atom. The van der Waals surface area contributed by atoms with Crippen molar-refractivity contribution in [1.82, 2.24) is 9.62 Å². The van der Waals surface area contributed by atoms with Crippen LogP contribution in [0.25, 0.3) is 0 Å². The van der Waals surface area contributed by atoms with Crippen molar-refractivity contribution in [2.75, 3.05) is 38.1 Å². The van der Waals surface area contributed by atoms with Crippen LogP contribution in [-0.4, -0.2) is 57.5 Å². The molecule has 1 saturated heterocycles. The van der Waals surface area contributed by atoms with Crippen molar-refractivity contribution in [3.05, 3.63) is 23.2 Å². The Morgan fingerprint density at radius 2 is 2.12 bits per heavy atom. The third-order valence-corrected chi connectivity index (χ3v) is 6.27. The van der Waals surface area contributed by atoms with Crippen molar-refractivity contribution < 1.29 is 17.9 Å². The van der Waals surface area contributed by atoms with Crippen LogP contribution in [0.1, 0.15) is 13.8 Å². The van der Waals surface area contributed by atoms with Gasteiger partial charge in [-0.25, -0.2) is 8.42 Å². The summed E-state index contributed by atoms with van der Waals surface area (Å²) in [6.45, 7) is 5.78. The van der Waals surface area contributed by atoms with Crippen molar-refractivity contribution >= 4 is 33.2 Å². The van der Waals surface area contributed by atoms with E-state index in [1.54, 1.807) is 19.9 Å².